The van der Waals surface area contributed by atoms with Crippen LogP contribution in [0.2, 0.25) is 0 Å². The molecule has 2 rings (SSSR count). The summed E-state index contributed by atoms with van der Waals surface area (Å²) in [5, 5.41) is 23.4. The summed E-state index contributed by atoms with van der Waals surface area (Å²) in [5.41, 5.74) is 0.643. The molecule has 10 heteroatoms. The molecule has 25 heavy (non-hydrogen) atoms. The van der Waals surface area contributed by atoms with Crippen LogP contribution in [0.25, 0.3) is 0 Å². The van der Waals surface area contributed by atoms with Gasteiger partial charge in [-0.15, -0.1) is 0 Å². The van der Waals surface area contributed by atoms with Gasteiger partial charge in [0.1, 0.15) is 6.07 Å². The smallest absolute Gasteiger partial charge is 0.407 e. The number of ether oxygens (including phenoxy) is 1. The van der Waals surface area contributed by atoms with Crippen LogP contribution in [-0.2, 0) is 4.74 Å². The summed E-state index contributed by atoms with van der Waals surface area (Å²) in [7, 11) is 1.20. The molecule has 1 fully saturated rings. The Kier molecular flexibility index (Phi) is 5.49. The second-order valence-electron chi connectivity index (χ2n) is 5.62. The van der Waals surface area contributed by atoms with Crippen molar-refractivity contribution in [3.8, 4) is 6.07 Å². The lowest BCUT2D eigenvalue weighted by molar-refractivity contribution is 0.0595. The van der Waals surface area contributed by atoms with E-state index in [1.165, 1.54) is 12.0 Å². The summed E-state index contributed by atoms with van der Waals surface area (Å²) in [6, 6.07) is 1.17. The van der Waals surface area contributed by atoms with Gasteiger partial charge in [0, 0.05) is 24.8 Å². The van der Waals surface area contributed by atoms with E-state index in [4.69, 9.17) is 5.11 Å². The maximum absolute atomic E-state index is 12.2. The van der Waals surface area contributed by atoms with Crippen LogP contribution in [0.5, 0.6) is 0 Å². The Hall–Kier alpha value is -3.22. The largest absolute Gasteiger partial charge is 0.465 e. The second-order valence-corrected chi connectivity index (χ2v) is 5.62. The Morgan fingerprint density at radius 1 is 1.36 bits per heavy atom. The lowest BCUT2D eigenvalue weighted by atomic mass is 10.1. The highest BCUT2D eigenvalue weighted by molar-refractivity contribution is 6.01. The summed E-state index contributed by atoms with van der Waals surface area (Å²) < 4.78 is 4.64. The summed E-state index contributed by atoms with van der Waals surface area (Å²) in [6.07, 6.45) is -0.00564. The van der Waals surface area contributed by atoms with Crippen molar-refractivity contribution >= 4 is 23.8 Å². The van der Waals surface area contributed by atoms with Crippen molar-refractivity contribution in [1.82, 2.24) is 15.2 Å². The molecule has 1 aromatic rings. The molecule has 1 aliphatic rings. The van der Waals surface area contributed by atoms with Gasteiger partial charge in [-0.2, -0.15) is 5.26 Å². The number of amides is 3. The van der Waals surface area contributed by atoms with Crippen molar-refractivity contribution < 1.29 is 24.2 Å². The Balaban J connectivity index is 2.05. The number of carbonyl (C=O) groups is 3. The topological polar surface area (TPSA) is 148 Å². The average molecular weight is 349 g/mol. The molecule has 3 amide bonds. The van der Waals surface area contributed by atoms with Gasteiger partial charge in [0.2, 0.25) is 0 Å². The minimum Gasteiger partial charge on any atom is -0.465 e. The quantitative estimate of drug-likeness (QED) is 0.604. The number of hydrogen-bond acceptors (Lipinski definition) is 5. The van der Waals surface area contributed by atoms with Gasteiger partial charge in [0.25, 0.3) is 0 Å². The van der Waals surface area contributed by atoms with E-state index in [0.29, 0.717) is 31.6 Å². The number of likely N-dealkylation sites (tertiary alicyclic amines) is 1. The molecule has 1 aromatic heterocycles. The van der Waals surface area contributed by atoms with Gasteiger partial charge in [0.05, 0.1) is 18.4 Å². The van der Waals surface area contributed by atoms with Crippen LogP contribution >= 0.6 is 0 Å². The predicted molar refractivity (Wildman–Crippen MR) is 86.4 cm³/mol. The monoisotopic (exact) mass is 349 g/mol. The molecule has 0 aliphatic carbocycles. The van der Waals surface area contributed by atoms with E-state index in [1.807, 2.05) is 6.07 Å². The van der Waals surface area contributed by atoms with Crippen molar-refractivity contribution in [3.63, 3.8) is 0 Å². The molecular formula is C15H19N5O5. The Labute approximate surface area is 143 Å². The number of nitrogens with one attached hydrogen (secondary N) is 3. The first kappa shape index (κ1) is 18.1. The van der Waals surface area contributed by atoms with Gasteiger partial charge < -0.3 is 30.4 Å². The fraction of sp³-hybridized carbons (Fsp3) is 0.467. The highest BCUT2D eigenvalue weighted by Gasteiger charge is 2.26. The molecule has 1 saturated heterocycles. The fourth-order valence-corrected chi connectivity index (χ4v) is 2.70. The van der Waals surface area contributed by atoms with E-state index in [-0.39, 0.29) is 23.0 Å². The van der Waals surface area contributed by atoms with Crippen LogP contribution in [0.1, 0.15) is 34.6 Å². The van der Waals surface area contributed by atoms with Crippen molar-refractivity contribution in [2.75, 3.05) is 25.5 Å². The number of rotatable bonds is 3. The zero-order valence-electron chi connectivity index (χ0n) is 13.9. The molecule has 0 spiro atoms. The minimum absolute atomic E-state index is 0.00704. The molecule has 134 valence electrons. The summed E-state index contributed by atoms with van der Waals surface area (Å²) in [5.74, 6) is -0.699. The Morgan fingerprint density at radius 2 is 2.00 bits per heavy atom. The Morgan fingerprint density at radius 3 is 2.52 bits per heavy atom. The number of nitriles is 1. The van der Waals surface area contributed by atoms with E-state index in [1.54, 1.807) is 6.92 Å². The Bertz CT molecular complexity index is 727. The number of urea groups is 1. The van der Waals surface area contributed by atoms with Crippen LogP contribution in [0.4, 0.5) is 15.3 Å². The third-order valence-corrected chi connectivity index (χ3v) is 4.03. The fourth-order valence-electron chi connectivity index (χ4n) is 2.70. The zero-order chi connectivity index (χ0) is 18.6. The van der Waals surface area contributed by atoms with Crippen LogP contribution in [0, 0.1) is 18.3 Å². The molecule has 0 bridgehead atoms. The number of aromatic nitrogens is 1. The number of piperidine rings is 1. The summed E-state index contributed by atoms with van der Waals surface area (Å²) in [6.45, 7) is 2.27. The molecule has 0 saturated carbocycles. The predicted octanol–water partition coefficient (Wildman–Crippen LogP) is 1.25. The highest BCUT2D eigenvalue weighted by Crippen LogP contribution is 2.24. The lowest BCUT2D eigenvalue weighted by Gasteiger charge is -2.30. The maximum Gasteiger partial charge on any atom is 0.407 e. The first-order valence-electron chi connectivity index (χ1n) is 7.63. The standard InChI is InChI=1S/C15H19N5O5/c1-8-10(7-16)11(12(17-8)13(21)25-2)19-14(22)18-9-3-5-20(6-4-9)15(23)24/h9,17H,3-6H2,1-2H3,(H,23,24)(H2,18,19,22). The number of carbonyl (C=O) groups excluding carboxylic acids is 2. The summed E-state index contributed by atoms with van der Waals surface area (Å²) in [4.78, 5) is 38.9. The van der Waals surface area contributed by atoms with Gasteiger partial charge in [-0.05, 0) is 19.8 Å². The number of hydrogen-bond donors (Lipinski definition) is 4. The van der Waals surface area contributed by atoms with E-state index in [0.717, 1.165) is 0 Å². The third-order valence-electron chi connectivity index (χ3n) is 4.03. The van der Waals surface area contributed by atoms with Crippen LogP contribution in [-0.4, -0.2) is 59.3 Å². The second kappa shape index (κ2) is 7.57. The highest BCUT2D eigenvalue weighted by atomic mass is 16.5. The number of esters is 1. The molecule has 0 unspecified atom stereocenters. The number of aryl methyl sites for hydroxylation is 1. The third kappa shape index (κ3) is 4.00. The van der Waals surface area contributed by atoms with Gasteiger partial charge in [-0.3, -0.25) is 0 Å². The number of H-pyrrole nitrogens is 1. The van der Waals surface area contributed by atoms with Crippen molar-refractivity contribution in [3.05, 3.63) is 17.0 Å². The van der Waals surface area contributed by atoms with Crippen LogP contribution in [0.15, 0.2) is 0 Å². The minimum atomic E-state index is -0.980. The van der Waals surface area contributed by atoms with E-state index < -0.39 is 18.1 Å². The number of methoxy groups -OCH3 is 1. The molecule has 2 heterocycles. The first-order chi connectivity index (χ1) is 11.9. The molecule has 0 aromatic carbocycles. The molecule has 1 aliphatic heterocycles. The molecule has 0 atom stereocenters. The number of aromatic amines is 1. The van der Waals surface area contributed by atoms with E-state index in [9.17, 15) is 19.6 Å². The van der Waals surface area contributed by atoms with Gasteiger partial charge in [-0.25, -0.2) is 14.4 Å². The summed E-state index contributed by atoms with van der Waals surface area (Å²) >= 11 is 0. The lowest BCUT2D eigenvalue weighted by Crippen LogP contribution is -2.47. The molecular weight excluding hydrogens is 330 g/mol. The van der Waals surface area contributed by atoms with Gasteiger partial charge >= 0.3 is 18.1 Å². The zero-order valence-corrected chi connectivity index (χ0v) is 13.9. The van der Waals surface area contributed by atoms with Crippen molar-refractivity contribution in [2.45, 2.75) is 25.8 Å². The van der Waals surface area contributed by atoms with Crippen molar-refractivity contribution in [2.24, 2.45) is 0 Å². The first-order valence-corrected chi connectivity index (χ1v) is 7.63. The van der Waals surface area contributed by atoms with Crippen LogP contribution < -0.4 is 10.6 Å². The number of anilines is 1. The van der Waals surface area contributed by atoms with Crippen molar-refractivity contribution in [1.29, 1.82) is 5.26 Å². The van der Waals surface area contributed by atoms with E-state index in [2.05, 4.69) is 20.4 Å². The van der Waals surface area contributed by atoms with Crippen LogP contribution in [0.3, 0.4) is 0 Å². The van der Waals surface area contributed by atoms with E-state index >= 15 is 0 Å². The molecule has 0 radical (unpaired) electrons. The molecule has 4 N–H and O–H groups in total. The maximum atomic E-state index is 12.2. The number of carboxylic acid groups (broad SMARTS) is 1. The van der Waals surface area contributed by atoms with Gasteiger partial charge in [0.15, 0.2) is 5.69 Å². The average Bonchev–Trinajstić information content (AvgIpc) is 2.89. The van der Waals surface area contributed by atoms with Gasteiger partial charge in [-0.1, -0.05) is 0 Å². The molecule has 10 nitrogen and oxygen atoms in total. The number of nitrogens with zero attached hydrogens (tertiary/aromatic N) is 2. The normalized spacial score (nSPS) is 14.5. The SMILES string of the molecule is COC(=O)c1[nH]c(C)c(C#N)c1NC(=O)NC1CCN(C(=O)O)CC1.